The highest BCUT2D eigenvalue weighted by molar-refractivity contribution is 7.09. The monoisotopic (exact) mass is 215 g/mol. The number of hydrogen-bond donors (Lipinski definition) is 0. The molecule has 2 aromatic heterocycles. The molecule has 0 fully saturated rings. The number of nitrogens with zero attached hydrogens (tertiary/aromatic N) is 3. The van der Waals surface area contributed by atoms with Crippen molar-refractivity contribution in [2.24, 2.45) is 0 Å². The van der Waals surface area contributed by atoms with Crippen molar-refractivity contribution in [3.63, 3.8) is 0 Å². The molecule has 2 heterocycles. The number of nitriles is 1. The van der Waals surface area contributed by atoms with Crippen LogP contribution < -0.4 is 0 Å². The summed E-state index contributed by atoms with van der Waals surface area (Å²) in [5.74, 6) is 0.783. The van der Waals surface area contributed by atoms with E-state index in [2.05, 4.69) is 22.1 Å². The van der Waals surface area contributed by atoms with E-state index in [1.807, 2.05) is 11.4 Å². The van der Waals surface area contributed by atoms with Crippen molar-refractivity contribution in [2.45, 2.75) is 12.8 Å². The summed E-state index contributed by atoms with van der Waals surface area (Å²) in [6, 6.07) is 7.93. The van der Waals surface area contributed by atoms with Crippen LogP contribution >= 0.6 is 11.3 Å². The molecule has 0 atom stereocenters. The van der Waals surface area contributed by atoms with Gasteiger partial charge < -0.3 is 0 Å². The van der Waals surface area contributed by atoms with Gasteiger partial charge in [-0.3, -0.25) is 0 Å². The van der Waals surface area contributed by atoms with E-state index in [0.29, 0.717) is 6.42 Å². The minimum absolute atomic E-state index is 0.347. The topological polar surface area (TPSA) is 49.6 Å². The summed E-state index contributed by atoms with van der Waals surface area (Å²) in [6.45, 7) is 0. The predicted molar refractivity (Wildman–Crippen MR) is 58.5 cm³/mol. The number of hydrogen-bond acceptors (Lipinski definition) is 4. The van der Waals surface area contributed by atoms with E-state index in [-0.39, 0.29) is 0 Å². The second-order valence-corrected chi connectivity index (χ2v) is 4.09. The predicted octanol–water partition coefficient (Wildman–Crippen LogP) is 2.19. The SMILES string of the molecule is N#CCc1ccnc(Cc2cccs2)n1. The lowest BCUT2D eigenvalue weighted by Crippen LogP contribution is -1.98. The van der Waals surface area contributed by atoms with Gasteiger partial charge in [0.05, 0.1) is 18.2 Å². The Morgan fingerprint density at radius 3 is 3.07 bits per heavy atom. The second kappa shape index (κ2) is 4.67. The molecule has 0 spiro atoms. The summed E-state index contributed by atoms with van der Waals surface area (Å²) in [5, 5.41) is 10.6. The molecule has 0 saturated carbocycles. The molecule has 4 heteroatoms. The van der Waals surface area contributed by atoms with Crippen molar-refractivity contribution >= 4 is 11.3 Å². The zero-order chi connectivity index (χ0) is 10.5. The fourth-order valence-electron chi connectivity index (χ4n) is 1.27. The highest BCUT2D eigenvalue weighted by Crippen LogP contribution is 2.12. The second-order valence-electron chi connectivity index (χ2n) is 3.06. The maximum atomic E-state index is 8.56. The summed E-state index contributed by atoms with van der Waals surface area (Å²) >= 11 is 1.69. The van der Waals surface area contributed by atoms with Crippen LogP contribution in [0.15, 0.2) is 29.8 Å². The van der Waals surface area contributed by atoms with Crippen LogP contribution in [0.3, 0.4) is 0 Å². The van der Waals surface area contributed by atoms with Gasteiger partial charge in [-0.1, -0.05) is 6.07 Å². The Balaban J connectivity index is 2.15. The molecule has 3 nitrogen and oxygen atoms in total. The zero-order valence-corrected chi connectivity index (χ0v) is 8.87. The Morgan fingerprint density at radius 1 is 1.40 bits per heavy atom. The summed E-state index contributed by atoms with van der Waals surface area (Å²) in [7, 11) is 0. The van der Waals surface area contributed by atoms with Gasteiger partial charge in [-0.15, -0.1) is 11.3 Å². The molecule has 0 aliphatic carbocycles. The summed E-state index contributed by atoms with van der Waals surface area (Å²) < 4.78 is 0. The van der Waals surface area contributed by atoms with E-state index in [1.165, 1.54) is 4.88 Å². The molecule has 15 heavy (non-hydrogen) atoms. The van der Waals surface area contributed by atoms with Gasteiger partial charge in [-0.05, 0) is 17.5 Å². The Labute approximate surface area is 92.1 Å². The van der Waals surface area contributed by atoms with Crippen molar-refractivity contribution in [1.82, 2.24) is 9.97 Å². The molecular weight excluding hydrogens is 206 g/mol. The molecule has 0 radical (unpaired) electrons. The third kappa shape index (κ3) is 2.61. The maximum Gasteiger partial charge on any atom is 0.133 e. The molecule has 0 bridgehead atoms. The van der Waals surface area contributed by atoms with Crippen LogP contribution in [-0.2, 0) is 12.8 Å². The van der Waals surface area contributed by atoms with Crippen LogP contribution in [0, 0.1) is 11.3 Å². The average molecular weight is 215 g/mol. The fourth-order valence-corrected chi connectivity index (χ4v) is 1.98. The molecule has 0 saturated heterocycles. The Hall–Kier alpha value is -1.73. The van der Waals surface area contributed by atoms with Crippen molar-refractivity contribution in [3.05, 3.63) is 46.2 Å². The molecule has 0 unspecified atom stereocenters. The molecule has 0 aliphatic rings. The standard InChI is InChI=1S/C11H9N3S/c12-5-3-9-4-6-13-11(14-9)8-10-2-1-7-15-10/h1-2,4,6-7H,3,8H2. The quantitative estimate of drug-likeness (QED) is 0.788. The molecular formula is C11H9N3S. The van der Waals surface area contributed by atoms with Crippen molar-refractivity contribution in [2.75, 3.05) is 0 Å². The third-order valence-corrected chi connectivity index (χ3v) is 2.81. The van der Waals surface area contributed by atoms with E-state index in [9.17, 15) is 0 Å². The van der Waals surface area contributed by atoms with E-state index >= 15 is 0 Å². The highest BCUT2D eigenvalue weighted by Gasteiger charge is 2.01. The van der Waals surface area contributed by atoms with Crippen LogP contribution in [0.25, 0.3) is 0 Å². The smallest absolute Gasteiger partial charge is 0.133 e. The molecule has 0 amide bonds. The molecule has 2 rings (SSSR count). The lowest BCUT2D eigenvalue weighted by atomic mass is 10.3. The fraction of sp³-hybridized carbons (Fsp3) is 0.182. The normalized spacial score (nSPS) is 9.80. The first-order chi connectivity index (χ1) is 7.38. The van der Waals surface area contributed by atoms with Gasteiger partial charge in [-0.25, -0.2) is 9.97 Å². The van der Waals surface area contributed by atoms with Crippen LogP contribution in [0.2, 0.25) is 0 Å². The first kappa shape index (κ1) is 9.81. The third-order valence-electron chi connectivity index (χ3n) is 1.94. The maximum absolute atomic E-state index is 8.56. The van der Waals surface area contributed by atoms with Crippen LogP contribution in [-0.4, -0.2) is 9.97 Å². The van der Waals surface area contributed by atoms with Gasteiger partial charge in [0.1, 0.15) is 5.82 Å². The summed E-state index contributed by atoms with van der Waals surface area (Å²) in [6.07, 6.45) is 2.81. The summed E-state index contributed by atoms with van der Waals surface area (Å²) in [4.78, 5) is 9.73. The van der Waals surface area contributed by atoms with Crippen LogP contribution in [0.4, 0.5) is 0 Å². The number of aromatic nitrogens is 2. The highest BCUT2D eigenvalue weighted by atomic mass is 32.1. The van der Waals surface area contributed by atoms with E-state index in [1.54, 1.807) is 23.6 Å². The number of thiophene rings is 1. The molecule has 2 aromatic rings. The Kier molecular flexibility index (Phi) is 3.05. The lowest BCUT2D eigenvalue weighted by molar-refractivity contribution is 0.934. The van der Waals surface area contributed by atoms with Crippen LogP contribution in [0.5, 0.6) is 0 Å². The van der Waals surface area contributed by atoms with Gasteiger partial charge in [0.25, 0.3) is 0 Å². The van der Waals surface area contributed by atoms with Gasteiger partial charge in [-0.2, -0.15) is 5.26 Å². The minimum atomic E-state index is 0.347. The lowest BCUT2D eigenvalue weighted by Gasteiger charge is -1.98. The molecule has 0 aromatic carbocycles. The zero-order valence-electron chi connectivity index (χ0n) is 8.05. The summed E-state index contributed by atoms with van der Waals surface area (Å²) in [5.41, 5.74) is 0.791. The van der Waals surface area contributed by atoms with E-state index in [4.69, 9.17) is 5.26 Å². The van der Waals surface area contributed by atoms with Crippen molar-refractivity contribution < 1.29 is 0 Å². The van der Waals surface area contributed by atoms with Gasteiger partial charge in [0.2, 0.25) is 0 Å². The van der Waals surface area contributed by atoms with Crippen molar-refractivity contribution in [1.29, 1.82) is 5.26 Å². The van der Waals surface area contributed by atoms with E-state index in [0.717, 1.165) is 17.9 Å². The first-order valence-corrected chi connectivity index (χ1v) is 5.46. The first-order valence-electron chi connectivity index (χ1n) is 4.58. The molecule has 0 N–H and O–H groups in total. The largest absolute Gasteiger partial charge is 0.241 e. The molecule has 74 valence electrons. The molecule has 0 aliphatic heterocycles. The van der Waals surface area contributed by atoms with E-state index < -0.39 is 0 Å². The van der Waals surface area contributed by atoms with Gasteiger partial charge in [0, 0.05) is 17.5 Å². The Morgan fingerprint density at radius 2 is 2.33 bits per heavy atom. The van der Waals surface area contributed by atoms with Gasteiger partial charge >= 0.3 is 0 Å². The average Bonchev–Trinajstić information content (AvgIpc) is 2.71. The van der Waals surface area contributed by atoms with Crippen LogP contribution in [0.1, 0.15) is 16.4 Å². The Bertz CT molecular complexity index is 471. The minimum Gasteiger partial charge on any atom is -0.241 e. The van der Waals surface area contributed by atoms with Crippen molar-refractivity contribution in [3.8, 4) is 6.07 Å². The van der Waals surface area contributed by atoms with Gasteiger partial charge in [0.15, 0.2) is 0 Å². The number of rotatable bonds is 3.